The van der Waals surface area contributed by atoms with Gasteiger partial charge in [-0.3, -0.25) is 4.79 Å². The highest BCUT2D eigenvalue weighted by molar-refractivity contribution is 5.93. The highest BCUT2D eigenvalue weighted by Gasteiger charge is 2.37. The summed E-state index contributed by atoms with van der Waals surface area (Å²) in [6, 6.07) is 0. The normalized spacial score (nSPS) is 33.9. The summed E-state index contributed by atoms with van der Waals surface area (Å²) in [6.07, 6.45) is 6.13. The molecule has 1 heterocycles. The second-order valence-electron chi connectivity index (χ2n) is 6.40. The summed E-state index contributed by atoms with van der Waals surface area (Å²) in [4.78, 5) is 24.2. The summed E-state index contributed by atoms with van der Waals surface area (Å²) in [5.74, 6) is -0.378. The van der Waals surface area contributed by atoms with Crippen LogP contribution in [-0.2, 0) is 19.1 Å². The Labute approximate surface area is 126 Å². The monoisotopic (exact) mass is 292 g/mol. The first-order chi connectivity index (χ1) is 9.85. The molecule has 0 unspecified atom stereocenters. The summed E-state index contributed by atoms with van der Waals surface area (Å²) >= 11 is 0. The van der Waals surface area contributed by atoms with E-state index in [9.17, 15) is 9.59 Å². The zero-order chi connectivity index (χ0) is 15.6. The van der Waals surface area contributed by atoms with Gasteiger partial charge in [-0.05, 0) is 31.9 Å². The first kappa shape index (κ1) is 16.0. The zero-order valence-electron chi connectivity index (χ0n) is 13.2. The number of carbonyl (C=O) groups excluding carboxylic acids is 2. The highest BCUT2D eigenvalue weighted by Crippen LogP contribution is 2.34. The number of rotatable bonds is 2. The van der Waals surface area contributed by atoms with Crippen LogP contribution in [-0.4, -0.2) is 30.6 Å². The fourth-order valence-corrected chi connectivity index (χ4v) is 2.74. The van der Waals surface area contributed by atoms with Crippen molar-refractivity contribution in [1.82, 2.24) is 0 Å². The summed E-state index contributed by atoms with van der Waals surface area (Å²) in [7, 11) is 0. The Morgan fingerprint density at radius 1 is 1.38 bits per heavy atom. The first-order valence-electron chi connectivity index (χ1n) is 7.61. The van der Waals surface area contributed by atoms with E-state index in [0.717, 1.165) is 0 Å². The van der Waals surface area contributed by atoms with Crippen LogP contribution in [0.4, 0.5) is 0 Å². The Balaban J connectivity index is 2.32. The van der Waals surface area contributed by atoms with E-state index in [1.165, 1.54) is 0 Å². The maximum Gasteiger partial charge on any atom is 0.334 e. The number of hydrogen-bond acceptors (Lipinski definition) is 4. The number of fused-ring (bicyclic) bond motifs is 1. The molecule has 2 aliphatic rings. The third kappa shape index (κ3) is 3.43. The largest absolute Gasteiger partial charge is 0.454 e. The molecule has 0 saturated heterocycles. The number of ether oxygens (including phenoxy) is 2. The van der Waals surface area contributed by atoms with Crippen LogP contribution in [0.25, 0.3) is 0 Å². The van der Waals surface area contributed by atoms with E-state index in [-0.39, 0.29) is 29.9 Å². The zero-order valence-corrected chi connectivity index (χ0v) is 13.2. The van der Waals surface area contributed by atoms with Crippen molar-refractivity contribution in [3.63, 3.8) is 0 Å². The van der Waals surface area contributed by atoms with Crippen molar-refractivity contribution in [2.45, 2.75) is 52.7 Å². The molecule has 0 spiro atoms. The molecule has 3 atom stereocenters. The van der Waals surface area contributed by atoms with Crippen LogP contribution in [0, 0.1) is 11.3 Å². The molecule has 0 aromatic carbocycles. The van der Waals surface area contributed by atoms with Crippen molar-refractivity contribution >= 4 is 11.8 Å². The van der Waals surface area contributed by atoms with Gasteiger partial charge in [0.15, 0.2) is 5.78 Å². The van der Waals surface area contributed by atoms with Crippen molar-refractivity contribution in [3.05, 3.63) is 23.8 Å². The third-order valence-electron chi connectivity index (χ3n) is 4.34. The fraction of sp³-hybridized carbons (Fsp3) is 0.647. The Hall–Kier alpha value is -1.42. The van der Waals surface area contributed by atoms with Gasteiger partial charge in [0.2, 0.25) is 0 Å². The van der Waals surface area contributed by atoms with E-state index in [0.29, 0.717) is 25.0 Å². The average molecular weight is 292 g/mol. The van der Waals surface area contributed by atoms with Crippen molar-refractivity contribution < 1.29 is 19.1 Å². The second-order valence-corrected chi connectivity index (χ2v) is 6.40. The van der Waals surface area contributed by atoms with Crippen molar-refractivity contribution in [2.24, 2.45) is 11.3 Å². The predicted molar refractivity (Wildman–Crippen MR) is 79.7 cm³/mol. The van der Waals surface area contributed by atoms with E-state index in [4.69, 9.17) is 9.47 Å². The number of carbonyl (C=O) groups is 2. The Morgan fingerprint density at radius 3 is 2.76 bits per heavy atom. The topological polar surface area (TPSA) is 52.6 Å². The molecule has 116 valence electrons. The first-order valence-corrected chi connectivity index (χ1v) is 7.61. The van der Waals surface area contributed by atoms with Gasteiger partial charge in [-0.15, -0.1) is 0 Å². The number of hydrogen-bond donors (Lipinski definition) is 0. The minimum absolute atomic E-state index is 0.0654. The van der Waals surface area contributed by atoms with Crippen LogP contribution < -0.4 is 0 Å². The number of ketones is 1. The van der Waals surface area contributed by atoms with E-state index < -0.39 is 5.41 Å². The minimum atomic E-state index is -0.391. The van der Waals surface area contributed by atoms with E-state index in [1.807, 2.05) is 39.8 Å². The molecule has 0 amide bonds. The maximum absolute atomic E-state index is 12.3. The molecule has 1 aliphatic carbocycles. The lowest BCUT2D eigenvalue weighted by Gasteiger charge is -2.26. The van der Waals surface area contributed by atoms with E-state index >= 15 is 0 Å². The standard InChI is InChI=1S/C17H24O4/c1-5-20-14-7-6-12-10-15(21-16(12)19)17(3,4)9-8-13(18)11(14)2/h8-11,14-15H,5-7H2,1-4H3/b9-8+/t11-,14+,15+/m1/s1. The molecule has 0 saturated carbocycles. The summed E-state index contributed by atoms with van der Waals surface area (Å²) in [5.41, 5.74) is 0.311. The maximum atomic E-state index is 12.3. The second kappa shape index (κ2) is 6.14. The van der Waals surface area contributed by atoms with Crippen LogP contribution in [0.2, 0.25) is 0 Å². The molecule has 4 nitrogen and oxygen atoms in total. The molecule has 0 aromatic rings. The van der Waals surface area contributed by atoms with Gasteiger partial charge in [-0.2, -0.15) is 0 Å². The van der Waals surface area contributed by atoms with Crippen LogP contribution in [0.1, 0.15) is 40.5 Å². The van der Waals surface area contributed by atoms with Crippen LogP contribution in [0.15, 0.2) is 23.8 Å². The molecule has 2 bridgehead atoms. The Bertz CT molecular complexity index is 487. The number of esters is 1. The Morgan fingerprint density at radius 2 is 2.10 bits per heavy atom. The highest BCUT2D eigenvalue weighted by atomic mass is 16.5. The fourth-order valence-electron chi connectivity index (χ4n) is 2.74. The predicted octanol–water partition coefficient (Wildman–Crippen LogP) is 2.82. The van der Waals surface area contributed by atoms with Gasteiger partial charge < -0.3 is 9.47 Å². The molecule has 21 heavy (non-hydrogen) atoms. The smallest absolute Gasteiger partial charge is 0.334 e. The lowest BCUT2D eigenvalue weighted by atomic mass is 9.85. The van der Waals surface area contributed by atoms with E-state index in [2.05, 4.69) is 0 Å². The average Bonchev–Trinajstić information content (AvgIpc) is 2.81. The lowest BCUT2D eigenvalue weighted by molar-refractivity contribution is -0.142. The molecular formula is C17H24O4. The van der Waals surface area contributed by atoms with Crippen LogP contribution in [0.5, 0.6) is 0 Å². The third-order valence-corrected chi connectivity index (χ3v) is 4.34. The summed E-state index contributed by atoms with van der Waals surface area (Å²) < 4.78 is 11.1. The summed E-state index contributed by atoms with van der Waals surface area (Å²) in [5, 5.41) is 0. The molecule has 0 aromatic heterocycles. The van der Waals surface area contributed by atoms with Crippen LogP contribution in [0.3, 0.4) is 0 Å². The van der Waals surface area contributed by atoms with Crippen molar-refractivity contribution in [3.8, 4) is 0 Å². The van der Waals surface area contributed by atoms with Gasteiger partial charge in [0.25, 0.3) is 0 Å². The summed E-state index contributed by atoms with van der Waals surface area (Å²) in [6.45, 7) is 8.31. The molecule has 2 rings (SSSR count). The minimum Gasteiger partial charge on any atom is -0.454 e. The molecule has 0 fully saturated rings. The SMILES string of the molecule is CCO[C@H]1CCC2=C[C@H](OC2=O)C(C)(C)/C=C/C(=O)[C@H]1C. The van der Waals surface area contributed by atoms with Gasteiger partial charge in [-0.1, -0.05) is 26.8 Å². The van der Waals surface area contributed by atoms with Crippen molar-refractivity contribution in [2.75, 3.05) is 6.61 Å². The van der Waals surface area contributed by atoms with E-state index in [1.54, 1.807) is 6.08 Å². The van der Waals surface area contributed by atoms with Crippen LogP contribution >= 0.6 is 0 Å². The number of allylic oxidation sites excluding steroid dienone is 1. The molecule has 0 N–H and O–H groups in total. The van der Waals surface area contributed by atoms with Gasteiger partial charge in [0, 0.05) is 23.5 Å². The molecular weight excluding hydrogens is 268 g/mol. The van der Waals surface area contributed by atoms with Gasteiger partial charge in [0.05, 0.1) is 6.10 Å². The molecule has 0 radical (unpaired) electrons. The van der Waals surface area contributed by atoms with Gasteiger partial charge in [0.1, 0.15) is 6.10 Å². The Kier molecular flexibility index (Phi) is 4.67. The lowest BCUT2D eigenvalue weighted by Crippen LogP contribution is -2.30. The van der Waals surface area contributed by atoms with Gasteiger partial charge >= 0.3 is 5.97 Å². The van der Waals surface area contributed by atoms with Crippen molar-refractivity contribution in [1.29, 1.82) is 0 Å². The molecule has 4 heteroatoms. The molecule has 1 aliphatic heterocycles. The van der Waals surface area contributed by atoms with Gasteiger partial charge in [-0.25, -0.2) is 4.79 Å². The quantitative estimate of drug-likeness (QED) is 0.734.